The molecule has 23 heavy (non-hydrogen) atoms. The van der Waals surface area contributed by atoms with Crippen LogP contribution in [0, 0.1) is 0 Å². The lowest BCUT2D eigenvalue weighted by atomic mass is 10.1. The molecule has 120 valence electrons. The van der Waals surface area contributed by atoms with Crippen molar-refractivity contribution in [1.29, 1.82) is 0 Å². The van der Waals surface area contributed by atoms with Crippen molar-refractivity contribution in [2.75, 3.05) is 19.6 Å². The minimum absolute atomic E-state index is 0.0727. The summed E-state index contributed by atoms with van der Waals surface area (Å²) < 4.78 is 5.81. The molecule has 1 fully saturated rings. The lowest BCUT2D eigenvalue weighted by Crippen LogP contribution is -2.51. The predicted octanol–water partition coefficient (Wildman–Crippen LogP) is 2.70. The van der Waals surface area contributed by atoms with Crippen LogP contribution >= 0.6 is 0 Å². The van der Waals surface area contributed by atoms with Crippen LogP contribution in [0.2, 0.25) is 0 Å². The molecule has 4 heteroatoms. The molecule has 0 spiro atoms. The Hall–Kier alpha value is -2.33. The molecule has 1 aliphatic rings. The molecule has 0 radical (unpaired) electrons. The number of ether oxygens (including phenoxy) is 1. The van der Waals surface area contributed by atoms with Crippen molar-refractivity contribution in [2.45, 2.75) is 19.6 Å². The number of hydrogen-bond acceptors (Lipinski definition) is 3. The number of nitrogens with zero attached hydrogens (tertiary/aromatic N) is 1. The van der Waals surface area contributed by atoms with Gasteiger partial charge in [0, 0.05) is 31.2 Å². The van der Waals surface area contributed by atoms with Gasteiger partial charge in [0.25, 0.3) is 5.91 Å². The quantitative estimate of drug-likeness (QED) is 0.944. The van der Waals surface area contributed by atoms with E-state index in [1.807, 2.05) is 59.5 Å². The van der Waals surface area contributed by atoms with Gasteiger partial charge in [-0.1, -0.05) is 36.4 Å². The van der Waals surface area contributed by atoms with E-state index in [2.05, 4.69) is 12.2 Å². The summed E-state index contributed by atoms with van der Waals surface area (Å²) in [6.07, 6.45) is 0. The fourth-order valence-electron chi connectivity index (χ4n) is 2.76. The lowest BCUT2D eigenvalue weighted by Gasteiger charge is -2.32. The molecule has 0 aromatic heterocycles. The van der Waals surface area contributed by atoms with Crippen molar-refractivity contribution in [3.05, 3.63) is 65.7 Å². The van der Waals surface area contributed by atoms with Crippen LogP contribution < -0.4 is 10.1 Å². The monoisotopic (exact) mass is 310 g/mol. The molecule has 1 N–H and O–H groups in total. The van der Waals surface area contributed by atoms with Crippen LogP contribution in [0.3, 0.4) is 0 Å². The molecular weight excluding hydrogens is 288 g/mol. The maximum absolute atomic E-state index is 12.6. The van der Waals surface area contributed by atoms with Gasteiger partial charge in [-0.2, -0.15) is 0 Å². The van der Waals surface area contributed by atoms with Gasteiger partial charge in [-0.15, -0.1) is 0 Å². The van der Waals surface area contributed by atoms with Gasteiger partial charge in [0.05, 0.1) is 0 Å². The third-order valence-electron chi connectivity index (χ3n) is 3.99. The molecule has 1 aliphatic heterocycles. The Balaban J connectivity index is 1.66. The highest BCUT2D eigenvalue weighted by molar-refractivity contribution is 5.94. The van der Waals surface area contributed by atoms with Crippen LogP contribution in [0.1, 0.15) is 22.8 Å². The van der Waals surface area contributed by atoms with E-state index in [9.17, 15) is 4.79 Å². The number of piperazine rings is 1. The number of rotatable bonds is 4. The second kappa shape index (κ2) is 7.29. The SMILES string of the molecule is C[C@@H]1CN(C(=O)c2cccc(OCc3ccccc3)c2)CCN1. The van der Waals surface area contributed by atoms with Gasteiger partial charge in [0.1, 0.15) is 12.4 Å². The third kappa shape index (κ3) is 4.11. The van der Waals surface area contributed by atoms with Gasteiger partial charge in [-0.25, -0.2) is 0 Å². The number of amides is 1. The third-order valence-corrected chi connectivity index (χ3v) is 3.99. The minimum Gasteiger partial charge on any atom is -0.489 e. The molecule has 1 atom stereocenters. The molecule has 0 saturated carbocycles. The zero-order chi connectivity index (χ0) is 16.1. The summed E-state index contributed by atoms with van der Waals surface area (Å²) in [6, 6.07) is 17.8. The fourth-order valence-corrected chi connectivity index (χ4v) is 2.76. The van der Waals surface area contributed by atoms with Crippen molar-refractivity contribution < 1.29 is 9.53 Å². The number of carbonyl (C=O) groups is 1. The van der Waals surface area contributed by atoms with Crippen molar-refractivity contribution in [3.8, 4) is 5.75 Å². The largest absolute Gasteiger partial charge is 0.489 e. The van der Waals surface area contributed by atoms with Crippen molar-refractivity contribution >= 4 is 5.91 Å². The number of benzene rings is 2. The molecule has 2 aromatic rings. The fraction of sp³-hybridized carbons (Fsp3) is 0.316. The highest BCUT2D eigenvalue weighted by Crippen LogP contribution is 2.17. The summed E-state index contributed by atoms with van der Waals surface area (Å²) in [5.41, 5.74) is 1.80. The summed E-state index contributed by atoms with van der Waals surface area (Å²) in [4.78, 5) is 14.5. The Morgan fingerprint density at radius 1 is 1.22 bits per heavy atom. The first-order valence-corrected chi connectivity index (χ1v) is 8.02. The number of nitrogens with one attached hydrogen (secondary N) is 1. The van der Waals surface area contributed by atoms with E-state index >= 15 is 0 Å². The smallest absolute Gasteiger partial charge is 0.254 e. The minimum atomic E-state index is 0.0727. The summed E-state index contributed by atoms with van der Waals surface area (Å²) in [5.74, 6) is 0.798. The summed E-state index contributed by atoms with van der Waals surface area (Å²) >= 11 is 0. The second-order valence-corrected chi connectivity index (χ2v) is 5.91. The van der Waals surface area contributed by atoms with Gasteiger partial charge < -0.3 is 15.0 Å². The van der Waals surface area contributed by atoms with E-state index in [1.54, 1.807) is 0 Å². The Morgan fingerprint density at radius 2 is 2.04 bits per heavy atom. The van der Waals surface area contributed by atoms with Crippen LogP contribution in [-0.4, -0.2) is 36.5 Å². The van der Waals surface area contributed by atoms with Crippen LogP contribution in [0.4, 0.5) is 0 Å². The van der Waals surface area contributed by atoms with Crippen molar-refractivity contribution in [3.63, 3.8) is 0 Å². The molecule has 1 heterocycles. The number of carbonyl (C=O) groups excluding carboxylic acids is 1. The van der Waals surface area contributed by atoms with E-state index in [0.717, 1.165) is 30.9 Å². The first kappa shape index (κ1) is 15.6. The molecule has 1 amide bonds. The molecule has 0 unspecified atom stereocenters. The topological polar surface area (TPSA) is 41.6 Å². The second-order valence-electron chi connectivity index (χ2n) is 5.91. The Labute approximate surface area is 137 Å². The van der Waals surface area contributed by atoms with Gasteiger partial charge in [0.15, 0.2) is 0 Å². The van der Waals surface area contributed by atoms with Gasteiger partial charge >= 0.3 is 0 Å². The maximum atomic E-state index is 12.6. The molecule has 3 rings (SSSR count). The van der Waals surface area contributed by atoms with Crippen LogP contribution in [0.5, 0.6) is 5.75 Å². The first-order valence-electron chi connectivity index (χ1n) is 8.02. The molecule has 1 saturated heterocycles. The first-order chi connectivity index (χ1) is 11.2. The van der Waals surface area contributed by atoms with Gasteiger partial charge in [0.2, 0.25) is 0 Å². The average Bonchev–Trinajstić information content (AvgIpc) is 2.60. The highest BCUT2D eigenvalue weighted by atomic mass is 16.5. The predicted molar refractivity (Wildman–Crippen MR) is 90.6 cm³/mol. The van der Waals surface area contributed by atoms with E-state index in [0.29, 0.717) is 18.2 Å². The Kier molecular flexibility index (Phi) is 4.93. The molecule has 2 aromatic carbocycles. The zero-order valence-electron chi connectivity index (χ0n) is 13.4. The summed E-state index contributed by atoms with van der Waals surface area (Å²) in [5, 5.41) is 3.35. The summed E-state index contributed by atoms with van der Waals surface area (Å²) in [7, 11) is 0. The molecule has 0 aliphatic carbocycles. The van der Waals surface area contributed by atoms with Crippen molar-refractivity contribution in [1.82, 2.24) is 10.2 Å². The van der Waals surface area contributed by atoms with E-state index in [4.69, 9.17) is 4.74 Å². The Morgan fingerprint density at radius 3 is 2.83 bits per heavy atom. The lowest BCUT2D eigenvalue weighted by molar-refractivity contribution is 0.0708. The van der Waals surface area contributed by atoms with Crippen LogP contribution in [0.15, 0.2) is 54.6 Å². The van der Waals surface area contributed by atoms with E-state index < -0.39 is 0 Å². The summed E-state index contributed by atoms with van der Waals surface area (Å²) in [6.45, 7) is 4.94. The standard InChI is InChI=1S/C19H22N2O2/c1-15-13-21(11-10-20-15)19(22)17-8-5-9-18(12-17)23-14-16-6-3-2-4-7-16/h2-9,12,15,20H,10-11,13-14H2,1H3/t15-/m1/s1. The van der Waals surface area contributed by atoms with E-state index in [1.165, 1.54) is 0 Å². The van der Waals surface area contributed by atoms with Crippen LogP contribution in [-0.2, 0) is 6.61 Å². The molecular formula is C19H22N2O2. The Bertz CT molecular complexity index is 657. The van der Waals surface area contributed by atoms with Gasteiger partial charge in [-0.05, 0) is 30.7 Å². The van der Waals surface area contributed by atoms with Gasteiger partial charge in [-0.3, -0.25) is 4.79 Å². The molecule has 4 nitrogen and oxygen atoms in total. The normalized spacial score (nSPS) is 17.8. The average molecular weight is 310 g/mol. The zero-order valence-corrected chi connectivity index (χ0v) is 13.4. The van der Waals surface area contributed by atoms with Crippen molar-refractivity contribution in [2.24, 2.45) is 0 Å². The van der Waals surface area contributed by atoms with E-state index in [-0.39, 0.29) is 5.91 Å². The maximum Gasteiger partial charge on any atom is 0.254 e. The number of hydrogen-bond donors (Lipinski definition) is 1. The van der Waals surface area contributed by atoms with Crippen LogP contribution in [0.25, 0.3) is 0 Å². The molecule has 0 bridgehead atoms. The highest BCUT2D eigenvalue weighted by Gasteiger charge is 2.21.